The first-order chi connectivity index (χ1) is 12.8. The molecule has 1 aromatic heterocycles. The van der Waals surface area contributed by atoms with E-state index in [0.29, 0.717) is 6.42 Å². The average Bonchev–Trinajstić information content (AvgIpc) is 3.10. The fourth-order valence-electron chi connectivity index (χ4n) is 3.34. The van der Waals surface area contributed by atoms with Gasteiger partial charge in [-0.1, -0.05) is 42.5 Å². The number of rotatable bonds is 6. The number of aromatic nitrogens is 2. The molecular formula is C21H22N4O. The third kappa shape index (κ3) is 3.52. The van der Waals surface area contributed by atoms with Crippen molar-refractivity contribution in [1.29, 1.82) is 0 Å². The van der Waals surface area contributed by atoms with Crippen LogP contribution in [-0.4, -0.2) is 40.4 Å². The second kappa shape index (κ2) is 7.52. The minimum Gasteiger partial charge on any atom is -0.369 e. The van der Waals surface area contributed by atoms with Crippen LogP contribution in [0.1, 0.15) is 19.3 Å². The summed E-state index contributed by atoms with van der Waals surface area (Å²) < 4.78 is 0. The topological polar surface area (TPSA) is 58.1 Å². The van der Waals surface area contributed by atoms with Gasteiger partial charge in [0.1, 0.15) is 5.82 Å². The third-order valence-corrected chi connectivity index (χ3v) is 4.70. The number of nitrogens with one attached hydrogen (secondary N) is 1. The van der Waals surface area contributed by atoms with Gasteiger partial charge in [0.05, 0.1) is 5.52 Å². The Kier molecular flexibility index (Phi) is 4.78. The second-order valence-electron chi connectivity index (χ2n) is 6.54. The normalized spacial score (nSPS) is 14.2. The van der Waals surface area contributed by atoms with E-state index in [4.69, 9.17) is 9.97 Å². The van der Waals surface area contributed by atoms with E-state index in [0.717, 1.165) is 60.6 Å². The van der Waals surface area contributed by atoms with E-state index in [1.165, 1.54) is 0 Å². The van der Waals surface area contributed by atoms with Crippen LogP contribution < -0.4 is 5.32 Å². The average molecular weight is 346 g/mol. The summed E-state index contributed by atoms with van der Waals surface area (Å²) in [7, 11) is 0. The zero-order valence-corrected chi connectivity index (χ0v) is 14.7. The lowest BCUT2D eigenvalue weighted by Gasteiger charge is -2.16. The zero-order chi connectivity index (χ0) is 17.8. The Morgan fingerprint density at radius 3 is 2.62 bits per heavy atom. The van der Waals surface area contributed by atoms with Gasteiger partial charge in [-0.3, -0.25) is 4.79 Å². The minimum absolute atomic E-state index is 0.281. The molecule has 1 saturated heterocycles. The molecule has 132 valence electrons. The smallest absolute Gasteiger partial charge is 0.222 e. The molecule has 0 radical (unpaired) electrons. The summed E-state index contributed by atoms with van der Waals surface area (Å²) in [4.78, 5) is 23.1. The van der Waals surface area contributed by atoms with E-state index in [-0.39, 0.29) is 5.91 Å². The fraction of sp³-hybridized carbons (Fsp3) is 0.286. The Hall–Kier alpha value is -2.95. The Labute approximate surface area is 153 Å². The van der Waals surface area contributed by atoms with E-state index in [9.17, 15) is 4.79 Å². The van der Waals surface area contributed by atoms with E-state index >= 15 is 0 Å². The first kappa shape index (κ1) is 16.5. The highest BCUT2D eigenvalue weighted by Crippen LogP contribution is 2.24. The number of likely N-dealkylation sites (tertiary alicyclic amines) is 1. The number of benzene rings is 2. The number of hydrogen-bond donors (Lipinski definition) is 1. The van der Waals surface area contributed by atoms with Crippen molar-refractivity contribution in [3.8, 4) is 11.4 Å². The number of carbonyl (C=O) groups is 1. The summed E-state index contributed by atoms with van der Waals surface area (Å²) >= 11 is 0. The highest BCUT2D eigenvalue weighted by atomic mass is 16.2. The SMILES string of the molecule is O=C1CCCN1CCCNc1nc(-c2ccccc2)nc2ccccc12. The summed E-state index contributed by atoms with van der Waals surface area (Å²) in [6.07, 6.45) is 2.60. The van der Waals surface area contributed by atoms with Crippen LogP contribution in [0.3, 0.4) is 0 Å². The summed E-state index contributed by atoms with van der Waals surface area (Å²) in [5.74, 6) is 1.85. The molecule has 1 amide bonds. The first-order valence-corrected chi connectivity index (χ1v) is 9.15. The maximum absolute atomic E-state index is 11.7. The maximum atomic E-state index is 11.7. The zero-order valence-electron chi connectivity index (χ0n) is 14.7. The molecule has 0 spiro atoms. The number of anilines is 1. The van der Waals surface area contributed by atoms with Crippen LogP contribution >= 0.6 is 0 Å². The van der Waals surface area contributed by atoms with Gasteiger partial charge in [0.15, 0.2) is 5.82 Å². The molecule has 0 saturated carbocycles. The van der Waals surface area contributed by atoms with Crippen LogP contribution in [0.25, 0.3) is 22.3 Å². The van der Waals surface area contributed by atoms with E-state index in [1.54, 1.807) is 0 Å². The third-order valence-electron chi connectivity index (χ3n) is 4.70. The molecule has 0 bridgehead atoms. The van der Waals surface area contributed by atoms with E-state index in [1.807, 2.05) is 59.5 Å². The highest BCUT2D eigenvalue weighted by molar-refractivity contribution is 5.90. The summed E-state index contributed by atoms with van der Waals surface area (Å²) in [5, 5.41) is 4.47. The number of para-hydroxylation sites is 1. The molecule has 0 unspecified atom stereocenters. The molecule has 1 aliphatic rings. The van der Waals surface area contributed by atoms with Crippen LogP contribution in [0.5, 0.6) is 0 Å². The summed E-state index contributed by atoms with van der Waals surface area (Å²) in [5.41, 5.74) is 1.93. The van der Waals surface area contributed by atoms with Crippen LogP contribution in [0, 0.1) is 0 Å². The van der Waals surface area contributed by atoms with Gasteiger partial charge in [-0.15, -0.1) is 0 Å². The van der Waals surface area contributed by atoms with Gasteiger partial charge >= 0.3 is 0 Å². The number of amides is 1. The number of nitrogens with zero attached hydrogens (tertiary/aromatic N) is 3. The molecule has 1 aliphatic heterocycles. The lowest BCUT2D eigenvalue weighted by atomic mass is 10.2. The van der Waals surface area contributed by atoms with Crippen LogP contribution in [0.2, 0.25) is 0 Å². The highest BCUT2D eigenvalue weighted by Gasteiger charge is 2.19. The second-order valence-corrected chi connectivity index (χ2v) is 6.54. The van der Waals surface area contributed by atoms with Gasteiger partial charge in [0.2, 0.25) is 5.91 Å². The Balaban J connectivity index is 1.52. The maximum Gasteiger partial charge on any atom is 0.222 e. The molecule has 4 rings (SSSR count). The Morgan fingerprint density at radius 1 is 1.00 bits per heavy atom. The molecule has 1 N–H and O–H groups in total. The number of fused-ring (bicyclic) bond motifs is 1. The van der Waals surface area contributed by atoms with Gasteiger partial charge in [0.25, 0.3) is 0 Å². The van der Waals surface area contributed by atoms with Crippen LogP contribution in [0.4, 0.5) is 5.82 Å². The van der Waals surface area contributed by atoms with Gasteiger partial charge in [-0.25, -0.2) is 9.97 Å². The predicted molar refractivity (Wildman–Crippen MR) is 104 cm³/mol. The van der Waals surface area contributed by atoms with Gasteiger partial charge in [0, 0.05) is 37.0 Å². The molecule has 1 fully saturated rings. The lowest BCUT2D eigenvalue weighted by molar-refractivity contribution is -0.127. The molecule has 26 heavy (non-hydrogen) atoms. The van der Waals surface area contributed by atoms with E-state index < -0.39 is 0 Å². The van der Waals surface area contributed by atoms with Crippen molar-refractivity contribution < 1.29 is 4.79 Å². The molecule has 2 heterocycles. The molecule has 0 aliphatic carbocycles. The molecule has 5 nitrogen and oxygen atoms in total. The molecule has 0 atom stereocenters. The monoisotopic (exact) mass is 346 g/mol. The predicted octanol–water partition coefficient (Wildman–Crippen LogP) is 3.72. The molecular weight excluding hydrogens is 324 g/mol. The largest absolute Gasteiger partial charge is 0.369 e. The van der Waals surface area contributed by atoms with Crippen molar-refractivity contribution in [2.45, 2.75) is 19.3 Å². The Morgan fingerprint density at radius 2 is 1.81 bits per heavy atom. The quantitative estimate of drug-likeness (QED) is 0.691. The Bertz CT molecular complexity index is 910. The van der Waals surface area contributed by atoms with Crippen LogP contribution in [0.15, 0.2) is 54.6 Å². The fourth-order valence-corrected chi connectivity index (χ4v) is 3.34. The van der Waals surface area contributed by atoms with Gasteiger partial charge in [-0.2, -0.15) is 0 Å². The van der Waals surface area contributed by atoms with Crippen LogP contribution in [-0.2, 0) is 4.79 Å². The molecule has 5 heteroatoms. The van der Waals surface area contributed by atoms with Gasteiger partial charge < -0.3 is 10.2 Å². The van der Waals surface area contributed by atoms with Crippen molar-refractivity contribution in [3.05, 3.63) is 54.6 Å². The summed E-state index contributed by atoms with van der Waals surface area (Å²) in [6.45, 7) is 2.48. The van der Waals surface area contributed by atoms with Crippen molar-refractivity contribution in [2.24, 2.45) is 0 Å². The van der Waals surface area contributed by atoms with Crippen molar-refractivity contribution in [3.63, 3.8) is 0 Å². The van der Waals surface area contributed by atoms with Crippen molar-refractivity contribution in [1.82, 2.24) is 14.9 Å². The molecule has 3 aromatic rings. The lowest BCUT2D eigenvalue weighted by Crippen LogP contribution is -2.27. The first-order valence-electron chi connectivity index (χ1n) is 9.15. The van der Waals surface area contributed by atoms with Crippen molar-refractivity contribution in [2.75, 3.05) is 25.0 Å². The standard InChI is InChI=1S/C21H22N4O/c26-19-12-6-14-25(19)15-7-13-22-21-17-10-4-5-11-18(17)23-20(24-21)16-8-2-1-3-9-16/h1-5,8-11H,6-7,12-15H2,(H,22,23,24). The van der Waals surface area contributed by atoms with E-state index in [2.05, 4.69) is 5.32 Å². The minimum atomic E-state index is 0.281. The van der Waals surface area contributed by atoms with Gasteiger partial charge in [-0.05, 0) is 25.0 Å². The number of hydrogen-bond acceptors (Lipinski definition) is 4. The van der Waals surface area contributed by atoms with Crippen molar-refractivity contribution >= 4 is 22.6 Å². The number of carbonyl (C=O) groups excluding carboxylic acids is 1. The molecule has 2 aromatic carbocycles. The summed E-state index contributed by atoms with van der Waals surface area (Å²) in [6, 6.07) is 18.1.